The average molecular weight is 357 g/mol. The summed E-state index contributed by atoms with van der Waals surface area (Å²) in [4.78, 5) is 16.4. The van der Waals surface area contributed by atoms with Crippen molar-refractivity contribution in [3.63, 3.8) is 0 Å². The molecule has 25 heavy (non-hydrogen) atoms. The fourth-order valence-electron chi connectivity index (χ4n) is 2.19. The van der Waals surface area contributed by atoms with Crippen molar-refractivity contribution in [1.82, 2.24) is 15.5 Å². The predicted octanol–water partition coefficient (Wildman–Crippen LogP) is 3.19. The second-order valence-electron chi connectivity index (χ2n) is 5.72. The molecule has 1 N–H and O–H groups in total. The zero-order valence-corrected chi connectivity index (χ0v) is 14.9. The lowest BCUT2D eigenvalue weighted by Gasteiger charge is -2.04. The molecule has 1 aromatic carbocycles. The van der Waals surface area contributed by atoms with Gasteiger partial charge in [0.1, 0.15) is 28.8 Å². The van der Waals surface area contributed by atoms with Crippen LogP contribution in [0.5, 0.6) is 5.75 Å². The van der Waals surface area contributed by atoms with Crippen LogP contribution in [0.1, 0.15) is 27.7 Å². The zero-order valence-electron chi connectivity index (χ0n) is 14.1. The van der Waals surface area contributed by atoms with Crippen molar-refractivity contribution < 1.29 is 14.1 Å². The third kappa shape index (κ3) is 5.15. The van der Waals surface area contributed by atoms with Gasteiger partial charge in [-0.25, -0.2) is 4.98 Å². The predicted molar refractivity (Wildman–Crippen MR) is 94.4 cm³/mol. The van der Waals surface area contributed by atoms with E-state index in [-0.39, 0.29) is 12.3 Å². The third-order valence-electron chi connectivity index (χ3n) is 3.47. The van der Waals surface area contributed by atoms with Gasteiger partial charge in [0.05, 0.1) is 18.7 Å². The van der Waals surface area contributed by atoms with Crippen molar-refractivity contribution >= 4 is 17.2 Å². The Bertz CT molecular complexity index is 839. The first-order valence-electron chi connectivity index (χ1n) is 7.90. The first-order chi connectivity index (χ1) is 12.1. The van der Waals surface area contributed by atoms with Crippen molar-refractivity contribution in [3.05, 3.63) is 63.4 Å². The number of amides is 1. The van der Waals surface area contributed by atoms with Gasteiger partial charge in [-0.05, 0) is 26.0 Å². The van der Waals surface area contributed by atoms with Crippen LogP contribution in [0.2, 0.25) is 0 Å². The average Bonchev–Trinajstić information content (AvgIpc) is 3.21. The maximum atomic E-state index is 12.0. The van der Waals surface area contributed by atoms with Gasteiger partial charge in [0.25, 0.3) is 0 Å². The second-order valence-corrected chi connectivity index (χ2v) is 6.66. The largest absolute Gasteiger partial charge is 0.486 e. The number of aryl methyl sites for hydroxylation is 2. The summed E-state index contributed by atoms with van der Waals surface area (Å²) in [5.41, 5.74) is 2.63. The maximum absolute atomic E-state index is 12.0. The van der Waals surface area contributed by atoms with Gasteiger partial charge >= 0.3 is 0 Å². The second kappa shape index (κ2) is 7.94. The van der Waals surface area contributed by atoms with E-state index in [4.69, 9.17) is 9.26 Å². The normalized spacial score (nSPS) is 10.6. The molecule has 0 aliphatic rings. The van der Waals surface area contributed by atoms with Crippen LogP contribution >= 0.6 is 11.3 Å². The summed E-state index contributed by atoms with van der Waals surface area (Å²) in [6, 6.07) is 9.67. The molecular formula is C18H19N3O3S. The van der Waals surface area contributed by atoms with Crippen LogP contribution in [-0.2, 0) is 24.4 Å². The molecule has 2 aromatic heterocycles. The van der Waals surface area contributed by atoms with Crippen molar-refractivity contribution in [2.24, 2.45) is 0 Å². The van der Waals surface area contributed by atoms with E-state index >= 15 is 0 Å². The Balaban J connectivity index is 1.45. The lowest BCUT2D eigenvalue weighted by molar-refractivity contribution is -0.120. The molecule has 3 rings (SSSR count). The standard InChI is InChI=1S/C18H19N3O3S/c1-12-3-5-16(6-4-12)23-10-18-20-15(11-25-18)8-17(22)19-9-14-7-13(2)24-21-14/h3-7,11H,8-10H2,1-2H3,(H,19,22). The van der Waals surface area contributed by atoms with Gasteiger partial charge in [-0.2, -0.15) is 0 Å². The number of nitrogens with one attached hydrogen (secondary N) is 1. The summed E-state index contributed by atoms with van der Waals surface area (Å²) in [6.07, 6.45) is 0.234. The number of aromatic nitrogens is 2. The maximum Gasteiger partial charge on any atom is 0.226 e. The van der Waals surface area contributed by atoms with Crippen LogP contribution in [0, 0.1) is 13.8 Å². The Kier molecular flexibility index (Phi) is 5.45. The number of carbonyl (C=O) groups excluding carboxylic acids is 1. The highest BCUT2D eigenvalue weighted by molar-refractivity contribution is 7.09. The molecule has 3 aromatic rings. The van der Waals surface area contributed by atoms with E-state index in [9.17, 15) is 4.79 Å². The molecule has 0 fully saturated rings. The minimum atomic E-state index is -0.100. The van der Waals surface area contributed by atoms with Crippen molar-refractivity contribution in [2.75, 3.05) is 0 Å². The summed E-state index contributed by atoms with van der Waals surface area (Å²) >= 11 is 1.49. The lowest BCUT2D eigenvalue weighted by Crippen LogP contribution is -2.24. The first-order valence-corrected chi connectivity index (χ1v) is 8.78. The third-order valence-corrected chi connectivity index (χ3v) is 4.34. The van der Waals surface area contributed by atoms with Gasteiger partial charge in [-0.1, -0.05) is 22.9 Å². The van der Waals surface area contributed by atoms with Crippen molar-refractivity contribution in [1.29, 1.82) is 0 Å². The Labute approximate surface area is 149 Å². The summed E-state index contributed by atoms with van der Waals surface area (Å²) in [6.45, 7) is 4.59. The van der Waals surface area contributed by atoms with Crippen LogP contribution < -0.4 is 10.1 Å². The van der Waals surface area contributed by atoms with E-state index in [1.165, 1.54) is 16.9 Å². The van der Waals surface area contributed by atoms with Crippen LogP contribution in [0.25, 0.3) is 0 Å². The summed E-state index contributed by atoms with van der Waals surface area (Å²) in [5, 5.41) is 9.37. The molecule has 0 atom stereocenters. The minimum absolute atomic E-state index is 0.100. The molecule has 1 amide bonds. The summed E-state index contributed by atoms with van der Waals surface area (Å²) < 4.78 is 10.7. The van der Waals surface area contributed by atoms with Gasteiger partial charge < -0.3 is 14.6 Å². The zero-order chi connectivity index (χ0) is 17.6. The highest BCUT2D eigenvalue weighted by Crippen LogP contribution is 2.16. The number of benzene rings is 1. The van der Waals surface area contributed by atoms with Gasteiger partial charge in [0.2, 0.25) is 5.91 Å². The molecule has 0 saturated heterocycles. The number of thiazole rings is 1. The number of ether oxygens (including phenoxy) is 1. The fraction of sp³-hybridized carbons (Fsp3) is 0.278. The van der Waals surface area contributed by atoms with Crippen LogP contribution in [0.4, 0.5) is 0 Å². The highest BCUT2D eigenvalue weighted by atomic mass is 32.1. The molecule has 0 aliphatic heterocycles. The van der Waals surface area contributed by atoms with Crippen molar-refractivity contribution in [2.45, 2.75) is 33.4 Å². The smallest absolute Gasteiger partial charge is 0.226 e. The van der Waals surface area contributed by atoms with Gasteiger partial charge in [-0.15, -0.1) is 11.3 Å². The number of rotatable bonds is 7. The molecule has 0 bridgehead atoms. The minimum Gasteiger partial charge on any atom is -0.486 e. The van der Waals surface area contributed by atoms with E-state index in [1.54, 1.807) is 6.07 Å². The quantitative estimate of drug-likeness (QED) is 0.703. The van der Waals surface area contributed by atoms with Gasteiger partial charge in [0, 0.05) is 11.4 Å². The van der Waals surface area contributed by atoms with E-state index in [2.05, 4.69) is 15.5 Å². The number of hydrogen-bond donors (Lipinski definition) is 1. The van der Waals surface area contributed by atoms with E-state index in [1.807, 2.05) is 43.5 Å². The molecule has 0 saturated carbocycles. The van der Waals surface area contributed by atoms with E-state index in [0.717, 1.165) is 22.2 Å². The topological polar surface area (TPSA) is 77.2 Å². The molecule has 0 radical (unpaired) electrons. The van der Waals surface area contributed by atoms with E-state index in [0.29, 0.717) is 18.8 Å². The van der Waals surface area contributed by atoms with E-state index < -0.39 is 0 Å². The molecule has 7 heteroatoms. The number of hydrogen-bond acceptors (Lipinski definition) is 6. The molecule has 0 unspecified atom stereocenters. The van der Waals surface area contributed by atoms with Gasteiger partial charge in [0.15, 0.2) is 0 Å². The molecule has 130 valence electrons. The highest BCUT2D eigenvalue weighted by Gasteiger charge is 2.09. The first kappa shape index (κ1) is 17.2. The van der Waals surface area contributed by atoms with Gasteiger partial charge in [-0.3, -0.25) is 4.79 Å². The Morgan fingerprint density at radius 1 is 1.24 bits per heavy atom. The number of carbonyl (C=O) groups is 1. The molecule has 2 heterocycles. The number of nitrogens with zero attached hydrogens (tertiary/aromatic N) is 2. The van der Waals surface area contributed by atoms with Crippen molar-refractivity contribution in [3.8, 4) is 5.75 Å². The molecular weight excluding hydrogens is 338 g/mol. The Morgan fingerprint density at radius 2 is 2.04 bits per heavy atom. The summed E-state index contributed by atoms with van der Waals surface area (Å²) in [5.74, 6) is 1.43. The SMILES string of the molecule is Cc1ccc(OCc2nc(CC(=O)NCc3cc(C)on3)cs2)cc1. The molecule has 6 nitrogen and oxygen atoms in total. The monoisotopic (exact) mass is 357 g/mol. The Morgan fingerprint density at radius 3 is 2.76 bits per heavy atom. The Hall–Kier alpha value is -2.67. The fourth-order valence-corrected chi connectivity index (χ4v) is 2.90. The van der Waals surface area contributed by atoms with Crippen LogP contribution in [0.15, 0.2) is 40.2 Å². The van der Waals surface area contributed by atoms with Crippen LogP contribution in [0.3, 0.4) is 0 Å². The molecule has 0 spiro atoms. The van der Waals surface area contributed by atoms with Crippen LogP contribution in [-0.4, -0.2) is 16.0 Å². The molecule has 0 aliphatic carbocycles. The summed E-state index contributed by atoms with van der Waals surface area (Å²) in [7, 11) is 0. The lowest BCUT2D eigenvalue weighted by atomic mass is 10.2.